The van der Waals surface area contributed by atoms with E-state index in [-0.39, 0.29) is 42.0 Å². The van der Waals surface area contributed by atoms with Gasteiger partial charge in [0.2, 0.25) is 11.8 Å². The van der Waals surface area contributed by atoms with Gasteiger partial charge in [-0.05, 0) is 101 Å². The molecule has 4 amide bonds. The molecule has 0 aliphatic carbocycles. The SMILES string of the molecule is CC(C)CCOC(C)(C)CCCNC(=O)CCCCCNC(=O)OCC(C)O.CCCCCCCCCCCCCCCCCC.CCCCCCCCCCCCCCCCCC.COc1ccc(C(=O)NCCCNC(=O)C(C)(C)C(C)(C)CCO)cc1. The van der Waals surface area contributed by atoms with Crippen molar-refractivity contribution in [1.29, 1.82) is 0 Å². The first-order valence-electron chi connectivity index (χ1n) is 37.4. The van der Waals surface area contributed by atoms with Crippen molar-refractivity contribution in [2.24, 2.45) is 16.7 Å². The van der Waals surface area contributed by atoms with E-state index >= 15 is 0 Å². The number of unbranched alkanes of at least 4 members (excludes halogenated alkanes) is 32. The molecular weight excluding hydrogens is 1120 g/mol. The predicted octanol–water partition coefficient (Wildman–Crippen LogP) is 20.3. The number of ether oxygens (including phenoxy) is 3. The molecule has 0 radical (unpaired) electrons. The summed E-state index contributed by atoms with van der Waals surface area (Å²) in [6.07, 6.45) is 52.7. The number of aliphatic hydroxyl groups excluding tert-OH is 2. The van der Waals surface area contributed by atoms with Crippen LogP contribution in [0.2, 0.25) is 0 Å². The molecule has 0 bridgehead atoms. The Kier molecular flexibility index (Phi) is 64.8. The molecule has 1 atom stereocenters. The van der Waals surface area contributed by atoms with Gasteiger partial charge in [0.1, 0.15) is 12.4 Å². The van der Waals surface area contributed by atoms with Gasteiger partial charge in [0.15, 0.2) is 0 Å². The minimum Gasteiger partial charge on any atom is -0.497 e. The van der Waals surface area contributed by atoms with Crippen LogP contribution in [0.5, 0.6) is 5.75 Å². The average molecular weight is 1280 g/mol. The zero-order valence-corrected chi connectivity index (χ0v) is 61.7. The second kappa shape index (κ2) is 64.3. The zero-order chi connectivity index (χ0) is 67.8. The van der Waals surface area contributed by atoms with E-state index in [1.54, 1.807) is 38.3 Å². The molecule has 0 fully saturated rings. The van der Waals surface area contributed by atoms with Crippen LogP contribution in [0.25, 0.3) is 0 Å². The maximum atomic E-state index is 12.5. The van der Waals surface area contributed by atoms with Gasteiger partial charge >= 0.3 is 6.09 Å². The Morgan fingerprint density at radius 2 is 0.867 bits per heavy atom. The molecule has 1 rings (SSSR count). The summed E-state index contributed by atoms with van der Waals surface area (Å²) in [7, 11) is 1.58. The van der Waals surface area contributed by atoms with Crippen LogP contribution < -0.4 is 26.0 Å². The Morgan fingerprint density at radius 3 is 1.26 bits per heavy atom. The number of alkyl carbamates (subject to hydrolysis) is 1. The van der Waals surface area contributed by atoms with Gasteiger partial charge in [-0.25, -0.2) is 4.79 Å². The fourth-order valence-corrected chi connectivity index (χ4v) is 10.2. The lowest BCUT2D eigenvalue weighted by molar-refractivity contribution is -0.136. The highest BCUT2D eigenvalue weighted by atomic mass is 16.6. The van der Waals surface area contributed by atoms with Crippen molar-refractivity contribution in [3.8, 4) is 5.75 Å². The van der Waals surface area contributed by atoms with Crippen LogP contribution in [-0.2, 0) is 19.1 Å². The number of rotatable bonds is 56. The van der Waals surface area contributed by atoms with Crippen LogP contribution in [0.15, 0.2) is 24.3 Å². The number of amides is 4. The molecule has 0 spiro atoms. The lowest BCUT2D eigenvalue weighted by Gasteiger charge is -2.40. The Balaban J connectivity index is -0.00000114. The molecule has 0 aliphatic heterocycles. The van der Waals surface area contributed by atoms with Gasteiger partial charge in [-0.2, -0.15) is 0 Å². The van der Waals surface area contributed by atoms with E-state index < -0.39 is 17.6 Å². The van der Waals surface area contributed by atoms with E-state index in [4.69, 9.17) is 19.3 Å². The summed E-state index contributed by atoms with van der Waals surface area (Å²) in [5.74, 6) is 1.23. The summed E-state index contributed by atoms with van der Waals surface area (Å²) in [6.45, 7) is 30.0. The maximum Gasteiger partial charge on any atom is 0.407 e. The van der Waals surface area contributed by atoms with Gasteiger partial charge in [0, 0.05) is 56.8 Å². The van der Waals surface area contributed by atoms with E-state index in [9.17, 15) is 24.3 Å². The van der Waals surface area contributed by atoms with Crippen molar-refractivity contribution in [3.63, 3.8) is 0 Å². The predicted molar refractivity (Wildman–Crippen MR) is 384 cm³/mol. The first-order valence-corrected chi connectivity index (χ1v) is 37.4. The summed E-state index contributed by atoms with van der Waals surface area (Å²) >= 11 is 0. The van der Waals surface area contributed by atoms with Gasteiger partial charge in [-0.1, -0.05) is 281 Å². The molecule has 0 aromatic heterocycles. The van der Waals surface area contributed by atoms with Crippen molar-refractivity contribution >= 4 is 23.8 Å². The third-order valence-corrected chi connectivity index (χ3v) is 17.5. The van der Waals surface area contributed by atoms with Crippen LogP contribution in [0.4, 0.5) is 4.79 Å². The molecule has 1 aromatic carbocycles. The fraction of sp³-hybridized carbons (Fsp3) is 0.870. The van der Waals surface area contributed by atoms with Crippen molar-refractivity contribution in [3.05, 3.63) is 29.8 Å². The van der Waals surface area contributed by atoms with E-state index in [1.807, 2.05) is 27.7 Å². The number of methoxy groups -OCH3 is 1. The van der Waals surface area contributed by atoms with Crippen molar-refractivity contribution in [2.45, 2.75) is 365 Å². The second-order valence-electron chi connectivity index (χ2n) is 27.9. The van der Waals surface area contributed by atoms with Crippen LogP contribution in [0, 0.1) is 16.7 Å². The first kappa shape index (κ1) is 90.8. The number of hydrogen-bond donors (Lipinski definition) is 6. The Morgan fingerprint density at radius 1 is 0.478 bits per heavy atom. The Labute approximate surface area is 556 Å². The molecule has 1 unspecified atom stereocenters. The molecule has 0 saturated carbocycles. The first-order chi connectivity index (χ1) is 43.1. The summed E-state index contributed by atoms with van der Waals surface area (Å²) in [6, 6.07) is 6.90. The number of hydrogen-bond acceptors (Lipinski definition) is 9. The molecule has 13 nitrogen and oxygen atoms in total. The van der Waals surface area contributed by atoms with Crippen molar-refractivity contribution in [2.75, 3.05) is 53.1 Å². The average Bonchev–Trinajstić information content (AvgIpc) is 1.56. The molecule has 0 heterocycles. The summed E-state index contributed by atoms with van der Waals surface area (Å²) in [5.41, 5.74) is -0.485. The lowest BCUT2D eigenvalue weighted by Crippen LogP contribution is -2.47. The third-order valence-electron chi connectivity index (χ3n) is 17.5. The standard InChI is InChI=1S/C21H42N2O5.C20H32N2O4.2C18H38/c1-17(2)11-15-28-21(4,5)12-9-14-22-19(25)10-7-6-8-13-23-20(26)27-16-18(3)24;1-19(2,11-14-23)20(3,4)18(25)22-13-6-12-21-17(24)15-7-9-16(26-5)10-8-15;2*1-3-5-7-9-11-13-15-17-18-16-14-12-10-8-6-4-2/h17-18,24H,6-16H2,1-5H3,(H,22,25)(H,23,26);7-10,23H,6,11-14H2,1-5H3,(H,21,24)(H,22,25);2*3-18H2,1-2H3. The van der Waals surface area contributed by atoms with Gasteiger partial charge in [-0.15, -0.1) is 0 Å². The molecule has 532 valence electrons. The quantitative estimate of drug-likeness (QED) is 0.0346. The van der Waals surface area contributed by atoms with Crippen molar-refractivity contribution < 1.29 is 43.6 Å². The molecule has 90 heavy (non-hydrogen) atoms. The Bertz CT molecular complexity index is 1670. The van der Waals surface area contributed by atoms with E-state index in [2.05, 4.69) is 76.7 Å². The van der Waals surface area contributed by atoms with Crippen LogP contribution in [-0.4, -0.2) is 98.8 Å². The summed E-state index contributed by atoms with van der Waals surface area (Å²) in [4.78, 5) is 47.6. The van der Waals surface area contributed by atoms with Gasteiger partial charge in [0.05, 0.1) is 18.8 Å². The minimum absolute atomic E-state index is 0.00669. The number of aliphatic hydroxyl groups is 2. The lowest BCUT2D eigenvalue weighted by atomic mass is 9.65. The molecule has 0 saturated heterocycles. The van der Waals surface area contributed by atoms with Crippen LogP contribution >= 0.6 is 0 Å². The van der Waals surface area contributed by atoms with Gasteiger partial charge < -0.3 is 45.7 Å². The van der Waals surface area contributed by atoms with Crippen LogP contribution in [0.3, 0.4) is 0 Å². The fourth-order valence-electron chi connectivity index (χ4n) is 10.2. The number of nitrogens with one attached hydrogen (secondary N) is 4. The highest BCUT2D eigenvalue weighted by molar-refractivity contribution is 5.94. The summed E-state index contributed by atoms with van der Waals surface area (Å²) in [5, 5.41) is 29.5. The van der Waals surface area contributed by atoms with Gasteiger partial charge in [-0.3, -0.25) is 14.4 Å². The molecule has 6 N–H and O–H groups in total. The normalized spacial score (nSPS) is 11.7. The number of benzene rings is 1. The van der Waals surface area contributed by atoms with E-state index in [1.165, 1.54) is 205 Å². The highest BCUT2D eigenvalue weighted by Crippen LogP contribution is 2.41. The molecular formula is C77H150N4O9. The number of carbonyl (C=O) groups is 4. The highest BCUT2D eigenvalue weighted by Gasteiger charge is 2.42. The third kappa shape index (κ3) is 60.8. The topological polar surface area (TPSA) is 185 Å². The van der Waals surface area contributed by atoms with Gasteiger partial charge in [0.25, 0.3) is 5.91 Å². The maximum absolute atomic E-state index is 12.5. The smallest absolute Gasteiger partial charge is 0.407 e. The van der Waals surface area contributed by atoms with Crippen molar-refractivity contribution in [1.82, 2.24) is 21.3 Å². The largest absolute Gasteiger partial charge is 0.497 e. The second-order valence-corrected chi connectivity index (χ2v) is 27.9. The molecule has 13 heteroatoms. The monoisotopic (exact) mass is 1280 g/mol. The van der Waals surface area contributed by atoms with Crippen LogP contribution in [0.1, 0.15) is 364 Å². The van der Waals surface area contributed by atoms with E-state index in [0.717, 1.165) is 45.1 Å². The minimum atomic E-state index is -0.660. The molecule has 1 aromatic rings. The Hall–Kier alpha value is -3.42. The molecule has 0 aliphatic rings. The summed E-state index contributed by atoms with van der Waals surface area (Å²) < 4.78 is 15.8. The number of carbonyl (C=O) groups excluding carboxylic acids is 4. The zero-order valence-electron chi connectivity index (χ0n) is 61.7. The van der Waals surface area contributed by atoms with E-state index in [0.29, 0.717) is 62.7 Å².